The molecule has 0 saturated carbocycles. The highest BCUT2D eigenvalue weighted by Gasteiger charge is 2.22. The summed E-state index contributed by atoms with van der Waals surface area (Å²) in [4.78, 5) is 4.63. The molecule has 1 aliphatic rings. The van der Waals surface area contributed by atoms with Crippen LogP contribution in [-0.4, -0.2) is 67.4 Å². The highest BCUT2D eigenvalue weighted by molar-refractivity contribution is 5.20. The van der Waals surface area contributed by atoms with Gasteiger partial charge in [-0.25, -0.2) is 0 Å². The number of ether oxygens (including phenoxy) is 1. The van der Waals surface area contributed by atoms with Crippen molar-refractivity contribution in [2.75, 3.05) is 40.3 Å². The highest BCUT2D eigenvalue weighted by Crippen LogP contribution is 2.14. The van der Waals surface area contributed by atoms with Gasteiger partial charge in [-0.2, -0.15) is 0 Å². The van der Waals surface area contributed by atoms with Gasteiger partial charge in [-0.3, -0.25) is 0 Å². The zero-order valence-electron chi connectivity index (χ0n) is 12.5. The molecule has 112 valence electrons. The molecule has 4 heteroatoms. The normalized spacial score (nSPS) is 19.2. The summed E-state index contributed by atoms with van der Waals surface area (Å²) in [7, 11) is 4.28. The molecule has 1 atom stereocenters. The third kappa shape index (κ3) is 4.78. The molecule has 0 radical (unpaired) electrons. The summed E-state index contributed by atoms with van der Waals surface area (Å²) in [5.74, 6) is 0.817. The largest absolute Gasteiger partial charge is 0.491 e. The molecule has 1 aromatic rings. The van der Waals surface area contributed by atoms with Gasteiger partial charge in [-0.05, 0) is 52.2 Å². The summed E-state index contributed by atoms with van der Waals surface area (Å²) in [6.07, 6.45) is 1.93. The minimum absolute atomic E-state index is 0.359. The van der Waals surface area contributed by atoms with E-state index in [1.807, 2.05) is 30.3 Å². The van der Waals surface area contributed by atoms with Crippen molar-refractivity contribution in [1.82, 2.24) is 9.80 Å². The summed E-state index contributed by atoms with van der Waals surface area (Å²) in [5.41, 5.74) is 0. The maximum atomic E-state index is 10.1. The number of piperidine rings is 1. The lowest BCUT2D eigenvalue weighted by molar-refractivity contribution is 0.0506. The fourth-order valence-corrected chi connectivity index (χ4v) is 2.68. The van der Waals surface area contributed by atoms with Crippen molar-refractivity contribution >= 4 is 0 Å². The van der Waals surface area contributed by atoms with E-state index in [4.69, 9.17) is 4.74 Å². The van der Waals surface area contributed by atoms with E-state index in [9.17, 15) is 5.11 Å². The average Bonchev–Trinajstić information content (AvgIpc) is 2.47. The van der Waals surface area contributed by atoms with E-state index in [0.29, 0.717) is 19.2 Å². The van der Waals surface area contributed by atoms with Crippen molar-refractivity contribution in [3.05, 3.63) is 30.3 Å². The number of hydrogen-bond acceptors (Lipinski definition) is 4. The smallest absolute Gasteiger partial charge is 0.119 e. The molecule has 0 amide bonds. The van der Waals surface area contributed by atoms with Crippen molar-refractivity contribution < 1.29 is 9.84 Å². The molecule has 1 fully saturated rings. The second-order valence-corrected chi connectivity index (χ2v) is 5.77. The fraction of sp³-hybridized carbons (Fsp3) is 0.625. The molecule has 0 bridgehead atoms. The number of hydrogen-bond donors (Lipinski definition) is 1. The van der Waals surface area contributed by atoms with Gasteiger partial charge in [-0.15, -0.1) is 0 Å². The molecule has 1 aliphatic heterocycles. The van der Waals surface area contributed by atoms with Crippen LogP contribution in [-0.2, 0) is 0 Å². The van der Waals surface area contributed by atoms with Crippen LogP contribution in [0.4, 0.5) is 0 Å². The third-order valence-corrected chi connectivity index (χ3v) is 3.94. The average molecular weight is 278 g/mol. The number of nitrogens with zero attached hydrogens (tertiary/aromatic N) is 2. The van der Waals surface area contributed by atoms with Gasteiger partial charge in [0.1, 0.15) is 18.5 Å². The SMILES string of the molecule is CN(C)C1CCN(C[C@@H](O)COc2ccccc2)CC1. The van der Waals surface area contributed by atoms with E-state index in [-0.39, 0.29) is 0 Å². The molecule has 1 aromatic carbocycles. The standard InChI is InChI=1S/C16H26N2O2/c1-17(2)14-8-10-18(11-9-14)12-15(19)13-20-16-6-4-3-5-7-16/h3-7,14-15,19H,8-13H2,1-2H3/t15-/m1/s1. The molecular weight excluding hydrogens is 252 g/mol. The van der Waals surface area contributed by atoms with Crippen molar-refractivity contribution in [3.63, 3.8) is 0 Å². The summed E-state index contributed by atoms with van der Waals surface area (Å²) in [6, 6.07) is 10.3. The lowest BCUT2D eigenvalue weighted by Gasteiger charge is -2.35. The summed E-state index contributed by atoms with van der Waals surface area (Å²) < 4.78 is 5.58. The van der Waals surface area contributed by atoms with Crippen LogP contribution in [0.5, 0.6) is 5.75 Å². The van der Waals surface area contributed by atoms with Gasteiger partial charge in [0.05, 0.1) is 0 Å². The molecule has 0 aromatic heterocycles. The molecule has 0 unspecified atom stereocenters. The van der Waals surface area contributed by atoms with Crippen LogP contribution in [0, 0.1) is 0 Å². The van der Waals surface area contributed by atoms with Crippen molar-refractivity contribution in [1.29, 1.82) is 0 Å². The predicted octanol–water partition coefficient (Wildman–Crippen LogP) is 1.45. The molecule has 20 heavy (non-hydrogen) atoms. The van der Waals surface area contributed by atoms with Crippen LogP contribution in [0.3, 0.4) is 0 Å². The van der Waals surface area contributed by atoms with Crippen molar-refractivity contribution in [3.8, 4) is 5.75 Å². The van der Waals surface area contributed by atoms with E-state index in [2.05, 4.69) is 23.9 Å². The molecule has 1 heterocycles. The van der Waals surface area contributed by atoms with Crippen LogP contribution >= 0.6 is 0 Å². The van der Waals surface area contributed by atoms with Gasteiger partial charge >= 0.3 is 0 Å². The van der Waals surface area contributed by atoms with Crippen molar-refractivity contribution in [2.24, 2.45) is 0 Å². The first-order valence-corrected chi connectivity index (χ1v) is 7.40. The van der Waals surface area contributed by atoms with E-state index < -0.39 is 6.10 Å². The molecule has 0 aliphatic carbocycles. The van der Waals surface area contributed by atoms with Gasteiger partial charge in [0.2, 0.25) is 0 Å². The Labute approximate surface area is 122 Å². The molecule has 4 nitrogen and oxygen atoms in total. The van der Waals surface area contributed by atoms with Crippen LogP contribution in [0.2, 0.25) is 0 Å². The Hall–Kier alpha value is -1.10. The van der Waals surface area contributed by atoms with Crippen LogP contribution in [0.15, 0.2) is 30.3 Å². The zero-order chi connectivity index (χ0) is 14.4. The molecule has 2 rings (SSSR count). The number of para-hydroxylation sites is 1. The van der Waals surface area contributed by atoms with Gasteiger partial charge in [0.25, 0.3) is 0 Å². The number of aliphatic hydroxyl groups is 1. The zero-order valence-corrected chi connectivity index (χ0v) is 12.5. The lowest BCUT2D eigenvalue weighted by atomic mass is 10.0. The number of aliphatic hydroxyl groups excluding tert-OH is 1. The van der Waals surface area contributed by atoms with Crippen LogP contribution in [0.25, 0.3) is 0 Å². The Morgan fingerprint density at radius 1 is 1.25 bits per heavy atom. The summed E-state index contributed by atoms with van der Waals surface area (Å²) in [6.45, 7) is 3.18. The summed E-state index contributed by atoms with van der Waals surface area (Å²) in [5, 5.41) is 10.1. The Balaban J connectivity index is 1.66. The lowest BCUT2D eigenvalue weighted by Crippen LogP contribution is -2.45. The van der Waals surface area contributed by atoms with Gasteiger partial charge in [0, 0.05) is 12.6 Å². The first-order valence-electron chi connectivity index (χ1n) is 7.40. The van der Waals surface area contributed by atoms with E-state index in [0.717, 1.165) is 18.8 Å². The summed E-state index contributed by atoms with van der Waals surface area (Å²) >= 11 is 0. The minimum atomic E-state index is -0.425. The first-order chi connectivity index (χ1) is 9.65. The molecule has 1 N–H and O–H groups in total. The molecular formula is C16H26N2O2. The van der Waals surface area contributed by atoms with E-state index >= 15 is 0 Å². The molecule has 1 saturated heterocycles. The number of β-amino-alcohol motifs (C(OH)–C–C–N with tert-alkyl or cyclic N) is 1. The Bertz CT molecular complexity index is 375. The monoisotopic (exact) mass is 278 g/mol. The van der Waals surface area contributed by atoms with E-state index in [1.165, 1.54) is 12.8 Å². The maximum absolute atomic E-state index is 10.1. The fourth-order valence-electron chi connectivity index (χ4n) is 2.68. The topological polar surface area (TPSA) is 35.9 Å². The Morgan fingerprint density at radius 3 is 2.50 bits per heavy atom. The van der Waals surface area contributed by atoms with Gasteiger partial charge in [0.15, 0.2) is 0 Å². The van der Waals surface area contributed by atoms with Gasteiger partial charge < -0.3 is 19.6 Å². The third-order valence-electron chi connectivity index (χ3n) is 3.94. The maximum Gasteiger partial charge on any atom is 0.119 e. The highest BCUT2D eigenvalue weighted by atomic mass is 16.5. The Kier molecular flexibility index (Phi) is 5.83. The predicted molar refractivity (Wildman–Crippen MR) is 81.1 cm³/mol. The van der Waals surface area contributed by atoms with E-state index in [1.54, 1.807) is 0 Å². The number of rotatable bonds is 6. The first kappa shape index (κ1) is 15.3. The quantitative estimate of drug-likeness (QED) is 0.854. The van der Waals surface area contributed by atoms with Crippen LogP contribution in [0.1, 0.15) is 12.8 Å². The minimum Gasteiger partial charge on any atom is -0.491 e. The number of benzene rings is 1. The molecule has 0 spiro atoms. The number of likely N-dealkylation sites (tertiary alicyclic amines) is 1. The van der Waals surface area contributed by atoms with Gasteiger partial charge in [-0.1, -0.05) is 18.2 Å². The van der Waals surface area contributed by atoms with Crippen molar-refractivity contribution in [2.45, 2.75) is 25.0 Å². The van der Waals surface area contributed by atoms with Crippen LogP contribution < -0.4 is 4.74 Å². The second kappa shape index (κ2) is 7.62. The Morgan fingerprint density at radius 2 is 1.90 bits per heavy atom. The second-order valence-electron chi connectivity index (χ2n) is 5.77.